The first-order chi connectivity index (χ1) is 35.4. The molecule has 14 heteroatoms. The van der Waals surface area contributed by atoms with Crippen molar-refractivity contribution in [1.82, 2.24) is 15.0 Å². The summed E-state index contributed by atoms with van der Waals surface area (Å²) in [7, 11) is 9.89. The van der Waals surface area contributed by atoms with Gasteiger partial charge in [0.2, 0.25) is 0 Å². The van der Waals surface area contributed by atoms with E-state index in [0.717, 1.165) is 79.7 Å². The summed E-state index contributed by atoms with van der Waals surface area (Å²) in [5.74, 6) is 0. The number of anilines is 6. The summed E-state index contributed by atoms with van der Waals surface area (Å²) in [5, 5.41) is 11.9. The van der Waals surface area contributed by atoms with Gasteiger partial charge in [0.15, 0.2) is 0 Å². The van der Waals surface area contributed by atoms with E-state index in [4.69, 9.17) is 33.2 Å². The molecule has 72 heavy (non-hydrogen) atoms. The topological polar surface area (TPSA) is 117 Å². The quantitative estimate of drug-likeness (QED) is 0.0521. The van der Waals surface area contributed by atoms with Crippen LogP contribution in [0.15, 0.2) is 152 Å². The van der Waals surface area contributed by atoms with E-state index in [0.29, 0.717) is 79.2 Å². The summed E-state index contributed by atoms with van der Waals surface area (Å²) < 4.78 is 43.7. The van der Waals surface area contributed by atoms with Crippen molar-refractivity contribution in [1.29, 1.82) is 0 Å². The molecule has 0 saturated heterocycles. The van der Waals surface area contributed by atoms with Crippen LogP contribution in [0.2, 0.25) is 0 Å². The molecule has 7 aromatic rings. The van der Waals surface area contributed by atoms with E-state index in [2.05, 4.69) is 197 Å². The number of rotatable bonds is 26. The number of nitrogens with zero attached hydrogens (tertiary/aromatic N) is 6. The van der Waals surface area contributed by atoms with Gasteiger partial charge in [-0.05, 0) is 59.7 Å². The third-order valence-electron chi connectivity index (χ3n) is 13.8. The van der Waals surface area contributed by atoms with Gasteiger partial charge in [0.1, 0.15) is 16.9 Å². The fourth-order valence-corrected chi connectivity index (χ4v) is 10.1. The van der Waals surface area contributed by atoms with Gasteiger partial charge in [0, 0.05) is 105 Å². The Morgan fingerprint density at radius 2 is 0.931 bits per heavy atom. The lowest BCUT2D eigenvalue weighted by molar-refractivity contribution is 0.0117. The van der Waals surface area contributed by atoms with Crippen LogP contribution in [0.1, 0.15) is 39.1 Å². The molecule has 0 atom stereocenters. The van der Waals surface area contributed by atoms with Gasteiger partial charge in [-0.3, -0.25) is 0 Å². The van der Waals surface area contributed by atoms with Gasteiger partial charge in [-0.25, -0.2) is 4.68 Å². The largest absolute Gasteiger partial charge is 0.383 e. The number of hydrogen-bond donors (Lipinski definition) is 1. The van der Waals surface area contributed by atoms with E-state index < -0.39 is 11.2 Å². The van der Waals surface area contributed by atoms with Crippen LogP contribution in [0.4, 0.5) is 34.1 Å². The molecule has 0 amide bonds. The Balaban J connectivity index is 0.599. The maximum atomic E-state index is 6.49. The Bertz CT molecular complexity index is 2730. The maximum absolute atomic E-state index is 6.49. The fourth-order valence-electron chi connectivity index (χ4n) is 10.1. The second kappa shape index (κ2) is 23.7. The number of hydrogen-bond acceptors (Lipinski definition) is 13. The molecule has 6 aromatic carbocycles. The minimum Gasteiger partial charge on any atom is -0.383 e. The maximum Gasteiger partial charge on any atom is 0.147 e. The molecule has 9 rings (SSSR count). The van der Waals surface area contributed by atoms with Gasteiger partial charge < -0.3 is 53.2 Å². The van der Waals surface area contributed by atoms with Crippen LogP contribution >= 0.6 is 0 Å². The first kappa shape index (κ1) is 50.3. The molecule has 0 bridgehead atoms. The van der Waals surface area contributed by atoms with E-state index in [1.165, 1.54) is 0 Å². The van der Waals surface area contributed by atoms with Gasteiger partial charge in [0.05, 0.1) is 78.8 Å². The molecule has 376 valence electrons. The molecule has 0 fully saturated rings. The number of methoxy groups -OCH3 is 2. The summed E-state index contributed by atoms with van der Waals surface area (Å²) in [6.07, 6.45) is 1.88. The minimum atomic E-state index is -0.719. The Hall–Kier alpha value is -6.62. The summed E-state index contributed by atoms with van der Waals surface area (Å²) in [6, 6.07) is 51.0. The zero-order valence-corrected chi connectivity index (χ0v) is 42.2. The summed E-state index contributed by atoms with van der Waals surface area (Å²) in [4.78, 5) is 6.68. The monoisotopic (exact) mass is 974 g/mol. The molecular weight excluding hydrogens is 907 g/mol. The zero-order valence-electron chi connectivity index (χ0n) is 42.2. The third-order valence-corrected chi connectivity index (χ3v) is 13.8. The first-order valence-electron chi connectivity index (χ1n) is 24.8. The van der Waals surface area contributed by atoms with Crippen molar-refractivity contribution in [3.8, 4) is 0 Å². The zero-order chi connectivity index (χ0) is 49.8. The molecule has 2 aliphatic heterocycles. The number of benzene rings is 6. The number of para-hydroxylation sites is 4. The average molecular weight is 974 g/mol. The molecular formula is C58H67N7O7. The van der Waals surface area contributed by atoms with Crippen LogP contribution in [-0.2, 0) is 57.5 Å². The highest BCUT2D eigenvalue weighted by Gasteiger charge is 2.45. The number of ether oxygens (including phenoxy) is 7. The van der Waals surface area contributed by atoms with E-state index in [-0.39, 0.29) is 0 Å². The van der Waals surface area contributed by atoms with Crippen molar-refractivity contribution >= 4 is 34.1 Å². The van der Waals surface area contributed by atoms with Gasteiger partial charge in [-0.2, -0.15) is 0 Å². The van der Waals surface area contributed by atoms with Crippen molar-refractivity contribution in [2.24, 2.45) is 0 Å². The molecule has 0 radical (unpaired) electrons. The van der Waals surface area contributed by atoms with E-state index in [1.54, 1.807) is 18.9 Å². The van der Waals surface area contributed by atoms with E-state index in [9.17, 15) is 0 Å². The van der Waals surface area contributed by atoms with Crippen molar-refractivity contribution in [3.05, 3.63) is 191 Å². The Morgan fingerprint density at radius 1 is 0.500 bits per heavy atom. The SMILES string of the molecule is COC1(c2ccc(NCCOCCOCCOCc3cn(CCOCCOCCN(C)c4ccc(C5(OC)c6ccccc6N(C)c6ccccc65)cc4)nn3)cc2)c2ccccc2N(C)c2ccccc21. The molecule has 2 aliphatic rings. The number of fused-ring (bicyclic) bond motifs is 4. The standard InChI is InChI=1S/C58H67N7O7/c1-62(48-28-24-45(25-29-48)58(67-5)51-16-8-12-20-55(51)64(3)56-21-13-9-17-52(56)58)31-34-69-37-38-70-35-32-65-42-47(60-61-65)43-72-41-40-71-39-36-68-33-30-59-46-26-22-44(23-27-46)57(66-4)49-14-6-10-18-53(49)63(2)54-19-11-7-15-50(54)57/h6-29,42,59H,30-41,43H2,1-5H3. The predicted molar refractivity (Wildman–Crippen MR) is 283 cm³/mol. The molecule has 0 spiro atoms. The Morgan fingerprint density at radius 3 is 1.43 bits per heavy atom. The van der Waals surface area contributed by atoms with Gasteiger partial charge in [-0.1, -0.05) is 102 Å². The van der Waals surface area contributed by atoms with Crippen LogP contribution in [0.25, 0.3) is 0 Å². The van der Waals surface area contributed by atoms with Crippen LogP contribution in [-0.4, -0.2) is 123 Å². The van der Waals surface area contributed by atoms with Crippen LogP contribution in [0.5, 0.6) is 0 Å². The summed E-state index contributed by atoms with van der Waals surface area (Å²) >= 11 is 0. The second-order valence-corrected chi connectivity index (χ2v) is 17.9. The number of likely N-dealkylation sites (N-methyl/N-ethyl adjacent to an activating group) is 1. The van der Waals surface area contributed by atoms with Crippen molar-refractivity contribution in [2.75, 3.05) is 128 Å². The highest BCUT2D eigenvalue weighted by Crippen LogP contribution is 2.54. The highest BCUT2D eigenvalue weighted by molar-refractivity contribution is 5.80. The average Bonchev–Trinajstić information content (AvgIpc) is 3.89. The smallest absolute Gasteiger partial charge is 0.147 e. The van der Waals surface area contributed by atoms with Crippen molar-refractivity contribution < 1.29 is 33.2 Å². The summed E-state index contributed by atoms with van der Waals surface area (Å²) in [6.45, 7) is 6.93. The molecule has 1 aromatic heterocycles. The normalized spacial score (nSPS) is 14.1. The van der Waals surface area contributed by atoms with Gasteiger partial charge in [0.25, 0.3) is 0 Å². The van der Waals surface area contributed by atoms with Crippen LogP contribution in [0, 0.1) is 0 Å². The van der Waals surface area contributed by atoms with Crippen molar-refractivity contribution in [2.45, 2.75) is 24.4 Å². The van der Waals surface area contributed by atoms with Crippen LogP contribution in [0.3, 0.4) is 0 Å². The minimum absolute atomic E-state index is 0.360. The molecule has 3 heterocycles. The first-order valence-corrected chi connectivity index (χ1v) is 24.8. The number of nitrogens with one attached hydrogen (secondary N) is 1. The van der Waals surface area contributed by atoms with Gasteiger partial charge in [-0.15, -0.1) is 5.10 Å². The molecule has 0 saturated carbocycles. The molecule has 0 unspecified atom stereocenters. The van der Waals surface area contributed by atoms with E-state index in [1.807, 2.05) is 6.20 Å². The predicted octanol–water partition coefficient (Wildman–Crippen LogP) is 9.15. The third kappa shape index (κ3) is 10.5. The molecule has 1 N–H and O–H groups in total. The number of aromatic nitrogens is 3. The summed E-state index contributed by atoms with van der Waals surface area (Å²) in [5.41, 5.74) is 12.6. The lowest BCUT2D eigenvalue weighted by atomic mass is 9.76. The van der Waals surface area contributed by atoms with Crippen LogP contribution < -0.4 is 20.0 Å². The lowest BCUT2D eigenvalue weighted by Crippen LogP contribution is -2.38. The molecule has 0 aliphatic carbocycles. The Kier molecular flexibility index (Phi) is 16.6. The second-order valence-electron chi connectivity index (χ2n) is 17.9. The van der Waals surface area contributed by atoms with E-state index >= 15 is 0 Å². The fraction of sp³-hybridized carbons (Fsp3) is 0.345. The Labute approximate surface area is 423 Å². The molecule has 14 nitrogen and oxygen atoms in total. The highest BCUT2D eigenvalue weighted by atomic mass is 16.5. The van der Waals surface area contributed by atoms with Gasteiger partial charge >= 0.3 is 0 Å². The van der Waals surface area contributed by atoms with Crippen molar-refractivity contribution in [3.63, 3.8) is 0 Å². The lowest BCUT2D eigenvalue weighted by Gasteiger charge is -2.43.